The maximum Gasteiger partial charge on any atom is 0.340 e. The maximum atomic E-state index is 12.5. The van der Waals surface area contributed by atoms with Gasteiger partial charge in [0, 0.05) is 18.8 Å². The maximum absolute atomic E-state index is 12.5. The fourth-order valence-corrected chi connectivity index (χ4v) is 3.12. The average molecular weight is 368 g/mol. The topological polar surface area (TPSA) is 67.9 Å². The molecule has 0 unspecified atom stereocenters. The van der Waals surface area contributed by atoms with Gasteiger partial charge in [0.05, 0.1) is 23.5 Å². The highest BCUT2D eigenvalue weighted by molar-refractivity contribution is 5.97. The van der Waals surface area contributed by atoms with Crippen molar-refractivity contribution in [3.63, 3.8) is 0 Å². The molecule has 1 N–H and O–H groups in total. The van der Waals surface area contributed by atoms with Crippen LogP contribution in [0.25, 0.3) is 0 Å². The third-order valence-electron chi connectivity index (χ3n) is 4.30. The number of nitrogens with one attached hydrogen (secondary N) is 1. The molecule has 0 bridgehead atoms. The number of carbonyl (C=O) groups is 2. The minimum absolute atomic E-state index is 0.0239. The van der Waals surface area contributed by atoms with Crippen molar-refractivity contribution >= 4 is 23.3 Å². The highest BCUT2D eigenvalue weighted by atomic mass is 16.5. The van der Waals surface area contributed by atoms with Gasteiger partial charge in [-0.3, -0.25) is 4.79 Å². The van der Waals surface area contributed by atoms with Gasteiger partial charge in [-0.1, -0.05) is 30.3 Å². The van der Waals surface area contributed by atoms with Crippen LogP contribution in [0.1, 0.15) is 24.2 Å². The van der Waals surface area contributed by atoms with Gasteiger partial charge < -0.3 is 19.7 Å². The molecule has 142 valence electrons. The third kappa shape index (κ3) is 5.08. The number of hydrogen-bond acceptors (Lipinski definition) is 5. The van der Waals surface area contributed by atoms with Crippen molar-refractivity contribution in [2.75, 3.05) is 25.0 Å². The molecule has 1 fully saturated rings. The number of anilines is 2. The molecule has 1 saturated heterocycles. The molecule has 1 aliphatic rings. The zero-order chi connectivity index (χ0) is 19.2. The predicted molar refractivity (Wildman–Crippen MR) is 103 cm³/mol. The average Bonchev–Trinajstić information content (AvgIpc) is 2.66. The molecule has 1 amide bonds. The minimum atomic E-state index is -0.531. The van der Waals surface area contributed by atoms with Crippen LogP contribution in [0.3, 0.4) is 0 Å². The molecule has 1 heterocycles. The first-order valence-electron chi connectivity index (χ1n) is 9.04. The summed E-state index contributed by atoms with van der Waals surface area (Å²) >= 11 is 0. The quantitative estimate of drug-likeness (QED) is 0.821. The molecule has 2 aromatic rings. The normalized spacial score (nSPS) is 19.4. The molecule has 6 heteroatoms. The first kappa shape index (κ1) is 18.9. The summed E-state index contributed by atoms with van der Waals surface area (Å²) in [6, 6.07) is 16.6. The molecule has 27 heavy (non-hydrogen) atoms. The lowest BCUT2D eigenvalue weighted by molar-refractivity contribution is -0.146. The Morgan fingerprint density at radius 2 is 1.67 bits per heavy atom. The third-order valence-corrected chi connectivity index (χ3v) is 4.30. The number of ether oxygens (including phenoxy) is 2. The van der Waals surface area contributed by atoms with Gasteiger partial charge in [0.15, 0.2) is 6.61 Å². The Kier molecular flexibility index (Phi) is 6.08. The Morgan fingerprint density at radius 1 is 1.04 bits per heavy atom. The van der Waals surface area contributed by atoms with Gasteiger partial charge in [0.25, 0.3) is 5.91 Å². The molecule has 0 aromatic heterocycles. The molecule has 6 nitrogen and oxygen atoms in total. The number of para-hydroxylation sites is 2. The molecule has 0 saturated carbocycles. The van der Waals surface area contributed by atoms with Crippen LogP contribution in [-0.4, -0.2) is 48.7 Å². The van der Waals surface area contributed by atoms with Gasteiger partial charge in [-0.2, -0.15) is 0 Å². The van der Waals surface area contributed by atoms with E-state index in [2.05, 4.69) is 5.32 Å². The molecule has 0 spiro atoms. The summed E-state index contributed by atoms with van der Waals surface area (Å²) in [7, 11) is 0. The first-order chi connectivity index (χ1) is 13.0. The Bertz CT molecular complexity index is 784. The summed E-state index contributed by atoms with van der Waals surface area (Å²) in [5, 5.41) is 3.20. The van der Waals surface area contributed by atoms with E-state index in [1.165, 1.54) is 0 Å². The molecular weight excluding hydrogens is 344 g/mol. The van der Waals surface area contributed by atoms with Crippen molar-refractivity contribution in [2.45, 2.75) is 26.1 Å². The van der Waals surface area contributed by atoms with Crippen LogP contribution in [0, 0.1) is 0 Å². The van der Waals surface area contributed by atoms with Gasteiger partial charge in [0.1, 0.15) is 0 Å². The Balaban J connectivity index is 1.62. The number of rotatable bonds is 5. The number of morpholine rings is 1. The van der Waals surface area contributed by atoms with Crippen molar-refractivity contribution < 1.29 is 19.1 Å². The second-order valence-electron chi connectivity index (χ2n) is 6.67. The summed E-state index contributed by atoms with van der Waals surface area (Å²) in [4.78, 5) is 26.6. The van der Waals surface area contributed by atoms with E-state index in [1.807, 2.05) is 50.2 Å². The van der Waals surface area contributed by atoms with E-state index < -0.39 is 5.97 Å². The number of amides is 1. The second-order valence-corrected chi connectivity index (χ2v) is 6.67. The minimum Gasteiger partial charge on any atom is -0.452 e. The van der Waals surface area contributed by atoms with E-state index in [0.717, 1.165) is 5.69 Å². The highest BCUT2D eigenvalue weighted by Crippen LogP contribution is 2.21. The molecule has 2 aromatic carbocycles. The molecule has 3 rings (SSSR count). The predicted octanol–water partition coefficient (Wildman–Crippen LogP) is 3.22. The molecular formula is C21H24N2O4. The van der Waals surface area contributed by atoms with Crippen LogP contribution in [0.4, 0.5) is 11.4 Å². The molecule has 2 atom stereocenters. The highest BCUT2D eigenvalue weighted by Gasteiger charge is 2.26. The van der Waals surface area contributed by atoms with E-state index in [9.17, 15) is 9.59 Å². The number of benzene rings is 2. The number of esters is 1. The Hall–Kier alpha value is -2.86. The fourth-order valence-electron chi connectivity index (χ4n) is 3.12. The van der Waals surface area contributed by atoms with Gasteiger partial charge in [-0.25, -0.2) is 4.79 Å². The van der Waals surface area contributed by atoms with Crippen LogP contribution in [-0.2, 0) is 14.3 Å². The smallest absolute Gasteiger partial charge is 0.340 e. The second kappa shape index (κ2) is 8.68. The lowest BCUT2D eigenvalue weighted by Crippen LogP contribution is -2.49. The van der Waals surface area contributed by atoms with E-state index in [0.29, 0.717) is 24.3 Å². The van der Waals surface area contributed by atoms with Crippen molar-refractivity contribution in [3.8, 4) is 0 Å². The van der Waals surface area contributed by atoms with Gasteiger partial charge in [-0.05, 0) is 38.1 Å². The zero-order valence-electron chi connectivity index (χ0n) is 15.6. The summed E-state index contributed by atoms with van der Waals surface area (Å²) < 4.78 is 10.9. The van der Waals surface area contributed by atoms with Crippen LogP contribution < -0.4 is 5.32 Å². The SMILES string of the molecule is C[C@@H]1CN(C(=O)COC(=O)c2ccccc2Nc2ccccc2)C[C@H](C)O1. The van der Waals surface area contributed by atoms with Gasteiger partial charge in [-0.15, -0.1) is 0 Å². The largest absolute Gasteiger partial charge is 0.452 e. The fraction of sp³-hybridized carbons (Fsp3) is 0.333. The standard InChI is InChI=1S/C21H24N2O4/c1-15-12-23(13-16(2)27-15)20(24)14-26-21(25)18-10-6-7-11-19(18)22-17-8-4-3-5-9-17/h3-11,15-16,22H,12-14H2,1-2H3/t15-,16+. The van der Waals surface area contributed by atoms with Crippen LogP contribution in [0.5, 0.6) is 0 Å². The number of nitrogens with zero attached hydrogens (tertiary/aromatic N) is 1. The molecule has 0 radical (unpaired) electrons. The number of carbonyl (C=O) groups excluding carboxylic acids is 2. The summed E-state index contributed by atoms with van der Waals surface area (Å²) in [6.45, 7) is 4.58. The van der Waals surface area contributed by atoms with Crippen molar-refractivity contribution in [1.82, 2.24) is 4.90 Å². The van der Waals surface area contributed by atoms with E-state index in [1.54, 1.807) is 23.1 Å². The summed E-state index contributed by atoms with van der Waals surface area (Å²) in [5.74, 6) is -0.740. The summed E-state index contributed by atoms with van der Waals surface area (Å²) in [6.07, 6.45) is -0.0478. The lowest BCUT2D eigenvalue weighted by atomic mass is 10.1. The summed E-state index contributed by atoms with van der Waals surface area (Å²) in [5.41, 5.74) is 1.89. The van der Waals surface area contributed by atoms with E-state index in [4.69, 9.17) is 9.47 Å². The van der Waals surface area contributed by atoms with Crippen molar-refractivity contribution in [2.24, 2.45) is 0 Å². The molecule has 0 aliphatic carbocycles. The van der Waals surface area contributed by atoms with Crippen molar-refractivity contribution in [1.29, 1.82) is 0 Å². The van der Waals surface area contributed by atoms with E-state index in [-0.39, 0.29) is 24.7 Å². The molecule has 1 aliphatic heterocycles. The van der Waals surface area contributed by atoms with Gasteiger partial charge in [0.2, 0.25) is 0 Å². The van der Waals surface area contributed by atoms with Crippen molar-refractivity contribution in [3.05, 3.63) is 60.2 Å². The van der Waals surface area contributed by atoms with E-state index >= 15 is 0 Å². The monoisotopic (exact) mass is 368 g/mol. The number of hydrogen-bond donors (Lipinski definition) is 1. The van der Waals surface area contributed by atoms with Gasteiger partial charge >= 0.3 is 5.97 Å². The zero-order valence-corrected chi connectivity index (χ0v) is 15.6. The Morgan fingerprint density at radius 3 is 2.37 bits per heavy atom. The van der Waals surface area contributed by atoms with Crippen LogP contribution in [0.15, 0.2) is 54.6 Å². The van der Waals surface area contributed by atoms with Crippen LogP contribution >= 0.6 is 0 Å². The Labute approximate surface area is 159 Å². The lowest BCUT2D eigenvalue weighted by Gasteiger charge is -2.35. The first-order valence-corrected chi connectivity index (χ1v) is 9.04. The van der Waals surface area contributed by atoms with Crippen LogP contribution in [0.2, 0.25) is 0 Å².